The van der Waals surface area contributed by atoms with Crippen LogP contribution in [0, 0.1) is 5.92 Å². The first-order valence-corrected chi connectivity index (χ1v) is 5.58. The summed E-state index contributed by atoms with van der Waals surface area (Å²) in [5, 5.41) is 35.9. The van der Waals surface area contributed by atoms with E-state index in [1.807, 2.05) is 0 Å². The number of piperidine rings is 1. The summed E-state index contributed by atoms with van der Waals surface area (Å²) in [5.41, 5.74) is 0. The van der Waals surface area contributed by atoms with E-state index >= 15 is 0 Å². The zero-order chi connectivity index (χ0) is 13.7. The number of hydrogen-bond donors (Lipinski definition) is 2. The Balaban J connectivity index is 2.54. The smallest absolute Gasteiger partial charge is 0.229 e. The van der Waals surface area contributed by atoms with Gasteiger partial charge in [0, 0.05) is 12.4 Å². The first-order valence-electron chi connectivity index (χ1n) is 5.58. The topological polar surface area (TPSA) is 149 Å². The molecule has 0 bridgehead atoms. The molecule has 18 heavy (non-hydrogen) atoms. The molecule has 0 radical (unpaired) electrons. The van der Waals surface area contributed by atoms with Crippen LogP contribution in [0.15, 0.2) is 0 Å². The zero-order valence-corrected chi connectivity index (χ0v) is 9.59. The second-order valence-electron chi connectivity index (χ2n) is 4.27. The van der Waals surface area contributed by atoms with E-state index in [2.05, 4.69) is 5.32 Å². The molecule has 3 unspecified atom stereocenters. The van der Waals surface area contributed by atoms with E-state index in [-0.39, 0.29) is 6.42 Å². The second-order valence-corrected chi connectivity index (χ2v) is 4.27. The van der Waals surface area contributed by atoms with E-state index in [1.54, 1.807) is 5.32 Å². The summed E-state index contributed by atoms with van der Waals surface area (Å²) < 4.78 is 0. The SMILES string of the molecule is O=C([O-])CC(NC(=O)C1C[NH2+]CC([O-])C1)C(=O)[O-]. The second kappa shape index (κ2) is 6.31. The molecule has 0 aromatic carbocycles. The van der Waals surface area contributed by atoms with Gasteiger partial charge in [-0.05, 0) is 6.42 Å². The van der Waals surface area contributed by atoms with Crippen LogP contribution in [0.2, 0.25) is 0 Å². The van der Waals surface area contributed by atoms with E-state index in [9.17, 15) is 29.7 Å². The first kappa shape index (κ1) is 14.4. The van der Waals surface area contributed by atoms with Crippen molar-refractivity contribution in [2.45, 2.75) is 25.0 Å². The van der Waals surface area contributed by atoms with Gasteiger partial charge in [-0.1, -0.05) is 6.10 Å². The van der Waals surface area contributed by atoms with Crippen molar-refractivity contribution >= 4 is 17.8 Å². The van der Waals surface area contributed by atoms with Crippen molar-refractivity contribution in [3.63, 3.8) is 0 Å². The highest BCUT2D eigenvalue weighted by Crippen LogP contribution is 2.06. The number of nitrogens with two attached hydrogens (primary N) is 1. The molecule has 8 nitrogen and oxygen atoms in total. The Morgan fingerprint density at radius 2 is 1.94 bits per heavy atom. The molecule has 1 aliphatic heterocycles. The zero-order valence-electron chi connectivity index (χ0n) is 9.59. The number of rotatable bonds is 5. The van der Waals surface area contributed by atoms with Crippen molar-refractivity contribution in [2.24, 2.45) is 5.92 Å². The van der Waals surface area contributed by atoms with E-state index in [1.165, 1.54) is 0 Å². The van der Waals surface area contributed by atoms with E-state index < -0.39 is 42.3 Å². The fraction of sp³-hybridized carbons (Fsp3) is 0.700. The third-order valence-electron chi connectivity index (χ3n) is 2.77. The third-order valence-corrected chi connectivity index (χ3v) is 2.77. The van der Waals surface area contributed by atoms with Crippen LogP contribution in [0.3, 0.4) is 0 Å². The van der Waals surface area contributed by atoms with Crippen LogP contribution in [0.1, 0.15) is 12.8 Å². The molecule has 1 aliphatic rings. The number of aliphatic carboxylic acids is 2. The monoisotopic (exact) mass is 258 g/mol. The average Bonchev–Trinajstić information content (AvgIpc) is 2.27. The van der Waals surface area contributed by atoms with Crippen molar-refractivity contribution < 1.29 is 35.0 Å². The molecule has 1 amide bonds. The van der Waals surface area contributed by atoms with Crippen LogP contribution in [0.5, 0.6) is 0 Å². The molecule has 0 aromatic rings. The van der Waals surface area contributed by atoms with E-state index in [0.717, 1.165) is 0 Å². The van der Waals surface area contributed by atoms with E-state index in [0.29, 0.717) is 13.1 Å². The van der Waals surface area contributed by atoms with Crippen molar-refractivity contribution in [3.05, 3.63) is 0 Å². The number of nitrogens with one attached hydrogen (secondary N) is 1. The summed E-state index contributed by atoms with van der Waals surface area (Å²) in [6.45, 7) is 0.766. The van der Waals surface area contributed by atoms with Crippen LogP contribution in [0.4, 0.5) is 0 Å². The Kier molecular flexibility index (Phi) is 5.05. The lowest BCUT2D eigenvalue weighted by Gasteiger charge is -2.31. The standard InChI is InChI=1S/C10H15N2O6/c13-6-1-5(3-11-4-6)9(16)12-7(10(17)18)2-8(14)15/h5-7,11H,1-4H2,(H,12,16)(H,14,15)(H,17,18)/q-1/p-1. The van der Waals surface area contributed by atoms with Crippen LogP contribution in [-0.4, -0.2) is 43.1 Å². The number of carboxylic acids is 2. The number of carbonyl (C=O) groups is 3. The van der Waals surface area contributed by atoms with Crippen LogP contribution in [-0.2, 0) is 14.4 Å². The van der Waals surface area contributed by atoms with Gasteiger partial charge in [-0.2, -0.15) is 0 Å². The highest BCUT2D eigenvalue weighted by molar-refractivity contribution is 5.86. The van der Waals surface area contributed by atoms with Gasteiger partial charge in [-0.3, -0.25) is 4.79 Å². The van der Waals surface area contributed by atoms with Gasteiger partial charge in [0.2, 0.25) is 5.91 Å². The van der Waals surface area contributed by atoms with Gasteiger partial charge in [-0.15, -0.1) is 0 Å². The summed E-state index contributed by atoms with van der Waals surface area (Å²) in [5.74, 6) is -4.53. The highest BCUT2D eigenvalue weighted by atomic mass is 16.4. The molecular weight excluding hydrogens is 244 g/mol. The Hall–Kier alpha value is -1.67. The molecule has 3 N–H and O–H groups in total. The van der Waals surface area contributed by atoms with Crippen molar-refractivity contribution in [3.8, 4) is 0 Å². The van der Waals surface area contributed by atoms with Crippen molar-refractivity contribution in [2.75, 3.05) is 13.1 Å². The Morgan fingerprint density at radius 1 is 1.28 bits per heavy atom. The third kappa shape index (κ3) is 4.30. The molecule has 1 heterocycles. The van der Waals surface area contributed by atoms with Gasteiger partial charge in [-0.25, -0.2) is 0 Å². The maximum atomic E-state index is 11.7. The molecule has 8 heteroatoms. The number of hydrogen-bond acceptors (Lipinski definition) is 6. The number of amides is 1. The number of carboxylic acid groups (broad SMARTS) is 2. The predicted octanol–water partition coefficient (Wildman–Crippen LogP) is -6.33. The van der Waals surface area contributed by atoms with Gasteiger partial charge in [0.1, 0.15) is 0 Å². The molecule has 1 rings (SSSR count). The summed E-state index contributed by atoms with van der Waals surface area (Å²) in [7, 11) is 0. The molecule has 0 aliphatic carbocycles. The molecule has 1 saturated heterocycles. The molecular formula is C10H14N2O6-2. The largest absolute Gasteiger partial charge is 0.848 e. The van der Waals surface area contributed by atoms with Gasteiger partial charge >= 0.3 is 0 Å². The summed E-state index contributed by atoms with van der Waals surface area (Å²) in [6, 6.07) is -1.63. The lowest BCUT2D eigenvalue weighted by atomic mass is 9.96. The highest BCUT2D eigenvalue weighted by Gasteiger charge is 2.27. The van der Waals surface area contributed by atoms with Gasteiger partial charge in [0.25, 0.3) is 0 Å². The minimum atomic E-state index is -1.69. The maximum absolute atomic E-state index is 11.7. The predicted molar refractivity (Wildman–Crippen MR) is 50.1 cm³/mol. The molecule has 1 fully saturated rings. The summed E-state index contributed by atoms with van der Waals surface area (Å²) in [6.07, 6.45) is -1.62. The minimum absolute atomic E-state index is 0.118. The molecule has 0 saturated carbocycles. The Morgan fingerprint density at radius 3 is 2.44 bits per heavy atom. The van der Waals surface area contributed by atoms with E-state index in [4.69, 9.17) is 0 Å². The maximum Gasteiger partial charge on any atom is 0.229 e. The van der Waals surface area contributed by atoms with Crippen LogP contribution in [0.25, 0.3) is 0 Å². The fourth-order valence-corrected chi connectivity index (χ4v) is 1.86. The van der Waals surface area contributed by atoms with Crippen molar-refractivity contribution in [1.82, 2.24) is 5.32 Å². The molecule has 102 valence electrons. The molecule has 3 atom stereocenters. The summed E-state index contributed by atoms with van der Waals surface area (Å²) in [4.78, 5) is 32.6. The molecule has 0 aromatic heterocycles. The van der Waals surface area contributed by atoms with Crippen LogP contribution < -0.4 is 26.0 Å². The minimum Gasteiger partial charge on any atom is -0.848 e. The lowest BCUT2D eigenvalue weighted by Crippen LogP contribution is -2.91. The normalized spacial score (nSPS) is 25.2. The first-order chi connectivity index (χ1) is 8.40. The van der Waals surface area contributed by atoms with Gasteiger partial charge in [0.05, 0.1) is 31.0 Å². The quantitative estimate of drug-likeness (QED) is 0.500. The lowest BCUT2D eigenvalue weighted by molar-refractivity contribution is -0.696. The van der Waals surface area contributed by atoms with Crippen molar-refractivity contribution in [1.29, 1.82) is 0 Å². The number of quaternary nitrogens is 1. The fourth-order valence-electron chi connectivity index (χ4n) is 1.86. The van der Waals surface area contributed by atoms with Crippen LogP contribution >= 0.6 is 0 Å². The average molecular weight is 258 g/mol. The van der Waals surface area contributed by atoms with Gasteiger partial charge < -0.3 is 35.5 Å². The Bertz CT molecular complexity index is 345. The Labute approximate surface area is 103 Å². The molecule has 0 spiro atoms. The summed E-state index contributed by atoms with van der Waals surface area (Å²) >= 11 is 0. The van der Waals surface area contributed by atoms with Gasteiger partial charge in [0.15, 0.2) is 0 Å². The number of carbonyl (C=O) groups excluding carboxylic acids is 3.